The van der Waals surface area contributed by atoms with Crippen molar-refractivity contribution in [2.75, 3.05) is 32.7 Å². The Morgan fingerprint density at radius 1 is 1.29 bits per heavy atom. The fourth-order valence-corrected chi connectivity index (χ4v) is 1.72. The van der Waals surface area contributed by atoms with Crippen LogP contribution in [0, 0.1) is 0 Å². The van der Waals surface area contributed by atoms with Crippen molar-refractivity contribution in [2.24, 2.45) is 0 Å². The molecule has 0 bridgehead atoms. The quantitative estimate of drug-likeness (QED) is 0.573. The summed E-state index contributed by atoms with van der Waals surface area (Å²) in [7, 11) is 0. The van der Waals surface area contributed by atoms with Crippen molar-refractivity contribution in [1.29, 1.82) is 0 Å². The van der Waals surface area contributed by atoms with Gasteiger partial charge in [0.15, 0.2) is 5.69 Å². The number of likely N-dealkylation sites (N-methyl/N-ethyl adjacent to an activating group) is 1. The van der Waals surface area contributed by atoms with E-state index in [1.54, 1.807) is 0 Å². The van der Waals surface area contributed by atoms with Gasteiger partial charge in [0.1, 0.15) is 0 Å². The number of hydrogen-bond donors (Lipinski definition) is 3. The second kappa shape index (κ2) is 8.90. The van der Waals surface area contributed by atoms with E-state index >= 15 is 0 Å². The Morgan fingerprint density at radius 2 is 1.95 bits per heavy atom. The van der Waals surface area contributed by atoms with Gasteiger partial charge in [0, 0.05) is 19.6 Å². The number of rotatable bonds is 9. The summed E-state index contributed by atoms with van der Waals surface area (Å²) >= 11 is 0. The number of aromatic nitrogens is 3. The van der Waals surface area contributed by atoms with E-state index in [-0.39, 0.29) is 11.7 Å². The molecule has 9 heteroatoms. The lowest BCUT2D eigenvalue weighted by molar-refractivity contribution is 0.0690. The molecule has 0 spiro atoms. The molecule has 3 N–H and O–H groups in total. The Morgan fingerprint density at radius 3 is 2.52 bits per heavy atom. The van der Waals surface area contributed by atoms with Crippen molar-refractivity contribution < 1.29 is 14.7 Å². The highest BCUT2D eigenvalue weighted by molar-refractivity contribution is 5.84. The molecule has 118 valence electrons. The molecule has 0 aliphatic rings. The summed E-state index contributed by atoms with van der Waals surface area (Å²) in [5.41, 5.74) is -0.112. The molecule has 0 aliphatic heterocycles. The van der Waals surface area contributed by atoms with Crippen LogP contribution in [0.4, 0.5) is 4.79 Å². The molecule has 0 aliphatic carbocycles. The summed E-state index contributed by atoms with van der Waals surface area (Å²) in [6.45, 7) is 8.17. The first-order chi connectivity index (χ1) is 10.1. The number of carboxylic acid groups (broad SMARTS) is 1. The molecule has 21 heavy (non-hydrogen) atoms. The van der Waals surface area contributed by atoms with E-state index in [0.29, 0.717) is 19.6 Å². The fraction of sp³-hybridized carbons (Fsp3) is 0.667. The normalized spacial score (nSPS) is 10.6. The average molecular weight is 298 g/mol. The van der Waals surface area contributed by atoms with E-state index in [2.05, 4.69) is 39.7 Å². The Hall–Kier alpha value is -2.16. The Bertz CT molecular complexity index is 458. The predicted molar refractivity (Wildman–Crippen MR) is 76.2 cm³/mol. The molecule has 0 saturated heterocycles. The molecule has 1 aromatic heterocycles. The zero-order chi connectivity index (χ0) is 15.7. The molecule has 9 nitrogen and oxygen atoms in total. The van der Waals surface area contributed by atoms with Crippen LogP contribution in [0.3, 0.4) is 0 Å². The van der Waals surface area contributed by atoms with E-state index in [9.17, 15) is 9.59 Å². The van der Waals surface area contributed by atoms with Gasteiger partial charge in [-0.2, -0.15) is 0 Å². The molecular weight excluding hydrogens is 276 g/mol. The summed E-state index contributed by atoms with van der Waals surface area (Å²) < 4.78 is 1.37. The van der Waals surface area contributed by atoms with Crippen LogP contribution >= 0.6 is 0 Å². The lowest BCUT2D eigenvalue weighted by atomic mass is 10.4. The van der Waals surface area contributed by atoms with Crippen LogP contribution in [0.1, 0.15) is 24.3 Å². The van der Waals surface area contributed by atoms with Crippen molar-refractivity contribution in [3.63, 3.8) is 0 Å². The van der Waals surface area contributed by atoms with Crippen molar-refractivity contribution >= 4 is 12.0 Å². The molecule has 0 atom stereocenters. The van der Waals surface area contributed by atoms with Gasteiger partial charge in [-0.05, 0) is 13.1 Å². The minimum atomic E-state index is -1.12. The molecule has 0 aromatic carbocycles. The third-order valence-electron chi connectivity index (χ3n) is 2.99. The largest absolute Gasteiger partial charge is 0.476 e. The van der Waals surface area contributed by atoms with Crippen molar-refractivity contribution in [2.45, 2.75) is 20.4 Å². The maximum absolute atomic E-state index is 11.5. The second-order valence-electron chi connectivity index (χ2n) is 4.38. The van der Waals surface area contributed by atoms with E-state index in [1.165, 1.54) is 10.9 Å². The number of hydrogen-bond acceptors (Lipinski definition) is 5. The number of amides is 2. The first kappa shape index (κ1) is 16.9. The van der Waals surface area contributed by atoms with Crippen LogP contribution in [0.15, 0.2) is 6.20 Å². The van der Waals surface area contributed by atoms with Crippen LogP contribution in [-0.2, 0) is 6.54 Å². The van der Waals surface area contributed by atoms with Crippen molar-refractivity contribution in [3.05, 3.63) is 11.9 Å². The van der Waals surface area contributed by atoms with Gasteiger partial charge in [-0.25, -0.2) is 14.3 Å². The molecule has 0 radical (unpaired) electrons. The highest BCUT2D eigenvalue weighted by atomic mass is 16.4. The zero-order valence-corrected chi connectivity index (χ0v) is 12.4. The number of carboxylic acids is 1. The van der Waals surface area contributed by atoms with Crippen LogP contribution in [0.2, 0.25) is 0 Å². The van der Waals surface area contributed by atoms with Crippen LogP contribution < -0.4 is 10.6 Å². The molecule has 0 fully saturated rings. The fourth-order valence-electron chi connectivity index (χ4n) is 1.72. The molecular formula is C12H22N6O3. The summed E-state index contributed by atoms with van der Waals surface area (Å²) in [5.74, 6) is -1.12. The lowest BCUT2D eigenvalue weighted by Crippen LogP contribution is -2.41. The minimum Gasteiger partial charge on any atom is -0.476 e. The highest BCUT2D eigenvalue weighted by Gasteiger charge is 2.08. The Kier molecular flexibility index (Phi) is 7.16. The minimum absolute atomic E-state index is 0.112. The maximum atomic E-state index is 11.5. The van der Waals surface area contributed by atoms with Gasteiger partial charge in [-0.15, -0.1) is 5.10 Å². The Balaban J connectivity index is 2.16. The van der Waals surface area contributed by atoms with Crippen molar-refractivity contribution in [1.82, 2.24) is 30.5 Å². The van der Waals surface area contributed by atoms with Crippen LogP contribution in [0.5, 0.6) is 0 Å². The third kappa shape index (κ3) is 6.21. The van der Waals surface area contributed by atoms with E-state index in [4.69, 9.17) is 5.11 Å². The molecule has 1 aromatic rings. The van der Waals surface area contributed by atoms with Gasteiger partial charge in [-0.1, -0.05) is 19.1 Å². The van der Waals surface area contributed by atoms with Gasteiger partial charge in [0.2, 0.25) is 0 Å². The highest BCUT2D eigenvalue weighted by Crippen LogP contribution is 1.91. The van der Waals surface area contributed by atoms with Gasteiger partial charge < -0.3 is 20.6 Å². The van der Waals surface area contributed by atoms with Crippen LogP contribution in [0.25, 0.3) is 0 Å². The van der Waals surface area contributed by atoms with Gasteiger partial charge in [0.05, 0.1) is 12.7 Å². The third-order valence-corrected chi connectivity index (χ3v) is 2.99. The number of nitrogens with one attached hydrogen (secondary N) is 2. The number of nitrogens with zero attached hydrogens (tertiary/aromatic N) is 4. The van der Waals surface area contributed by atoms with Gasteiger partial charge in [0.25, 0.3) is 0 Å². The topological polar surface area (TPSA) is 112 Å². The molecule has 0 unspecified atom stereocenters. The Labute approximate surface area is 123 Å². The first-order valence-corrected chi connectivity index (χ1v) is 6.94. The molecule has 2 amide bonds. The van der Waals surface area contributed by atoms with Crippen molar-refractivity contribution in [3.8, 4) is 0 Å². The summed E-state index contributed by atoms with van der Waals surface area (Å²) in [5, 5.41) is 21.3. The monoisotopic (exact) mass is 298 g/mol. The van der Waals surface area contributed by atoms with E-state index < -0.39 is 5.97 Å². The summed E-state index contributed by atoms with van der Waals surface area (Å²) in [6.07, 6.45) is 1.32. The van der Waals surface area contributed by atoms with E-state index in [1.807, 2.05) is 0 Å². The molecule has 1 heterocycles. The SMILES string of the molecule is CCN(CC)CCNC(=O)NCCn1cc(C(=O)O)nn1. The van der Waals surface area contributed by atoms with Gasteiger partial charge >= 0.3 is 12.0 Å². The molecule has 1 rings (SSSR count). The maximum Gasteiger partial charge on any atom is 0.358 e. The number of carbonyl (C=O) groups is 2. The number of urea groups is 1. The van der Waals surface area contributed by atoms with Gasteiger partial charge in [-0.3, -0.25) is 0 Å². The number of aromatic carboxylic acids is 1. The number of carbonyl (C=O) groups excluding carboxylic acids is 1. The zero-order valence-electron chi connectivity index (χ0n) is 12.4. The molecule has 0 saturated carbocycles. The average Bonchev–Trinajstić information content (AvgIpc) is 2.93. The first-order valence-electron chi connectivity index (χ1n) is 6.94. The van der Waals surface area contributed by atoms with Crippen LogP contribution in [-0.4, -0.2) is 69.7 Å². The standard InChI is InChI=1S/C12H22N6O3/c1-3-17(4-2)7-5-13-12(21)14-6-8-18-9-10(11(19)20)15-16-18/h9H,3-8H2,1-2H3,(H,19,20)(H2,13,14,21). The summed E-state index contributed by atoms with van der Waals surface area (Å²) in [4.78, 5) is 24.4. The predicted octanol–water partition coefficient (Wildman–Crippen LogP) is -0.383. The second-order valence-corrected chi connectivity index (χ2v) is 4.38. The van der Waals surface area contributed by atoms with E-state index in [0.717, 1.165) is 19.6 Å². The lowest BCUT2D eigenvalue weighted by Gasteiger charge is -2.18. The smallest absolute Gasteiger partial charge is 0.358 e. The summed E-state index contributed by atoms with van der Waals surface area (Å²) in [6, 6.07) is -0.249.